The van der Waals surface area contributed by atoms with Crippen LogP contribution in [0.2, 0.25) is 0 Å². The van der Waals surface area contributed by atoms with Crippen molar-refractivity contribution in [3.8, 4) is 0 Å². The van der Waals surface area contributed by atoms with Crippen molar-refractivity contribution >= 4 is 42.9 Å². The second-order valence-corrected chi connectivity index (χ2v) is 6.40. The minimum Gasteiger partial charge on any atom is -0.369 e. The van der Waals surface area contributed by atoms with E-state index < -0.39 is 0 Å². The summed E-state index contributed by atoms with van der Waals surface area (Å²) in [5.74, 6) is 0.887. The number of benzene rings is 1. The molecular weight excluding hydrogens is 353 g/mol. The van der Waals surface area contributed by atoms with Crippen LogP contribution in [-0.2, 0) is 0 Å². The molecular formula is C17H30Cl3N3. The van der Waals surface area contributed by atoms with Crippen LogP contribution < -0.4 is 10.6 Å². The average Bonchev–Trinajstić information content (AvgIpc) is 2.51. The van der Waals surface area contributed by atoms with Gasteiger partial charge in [-0.25, -0.2) is 0 Å². The molecule has 0 bridgehead atoms. The molecule has 1 saturated heterocycles. The fraction of sp³-hybridized carbons (Fsp3) is 0.647. The molecule has 1 aliphatic carbocycles. The summed E-state index contributed by atoms with van der Waals surface area (Å²) in [4.78, 5) is 5.16. The second-order valence-electron chi connectivity index (χ2n) is 6.40. The molecule has 3 rings (SSSR count). The lowest BCUT2D eigenvalue weighted by Crippen LogP contribution is -2.48. The summed E-state index contributed by atoms with van der Waals surface area (Å²) in [6.45, 7) is 6.02. The Morgan fingerprint density at radius 1 is 0.826 bits per heavy atom. The Hall–Kier alpha value is -0.190. The molecule has 3 nitrogen and oxygen atoms in total. The van der Waals surface area contributed by atoms with E-state index in [1.165, 1.54) is 51.0 Å². The Balaban J connectivity index is 0.00000161. The highest BCUT2D eigenvalue weighted by Gasteiger charge is 2.23. The summed E-state index contributed by atoms with van der Waals surface area (Å²) in [6.07, 6.45) is 5.13. The number of piperazine rings is 1. The second kappa shape index (κ2) is 11.4. The van der Waals surface area contributed by atoms with E-state index in [0.717, 1.165) is 19.0 Å². The molecule has 0 spiro atoms. The van der Waals surface area contributed by atoms with Crippen molar-refractivity contribution in [2.75, 3.05) is 37.6 Å². The molecule has 2 fully saturated rings. The van der Waals surface area contributed by atoms with Crippen molar-refractivity contribution < 1.29 is 0 Å². The molecule has 1 saturated carbocycles. The van der Waals surface area contributed by atoms with Crippen molar-refractivity contribution in [1.29, 1.82) is 0 Å². The van der Waals surface area contributed by atoms with Crippen LogP contribution in [0.25, 0.3) is 0 Å². The van der Waals surface area contributed by atoms with Gasteiger partial charge in [-0.05, 0) is 43.7 Å². The highest BCUT2D eigenvalue weighted by Crippen LogP contribution is 2.25. The first-order valence-corrected chi connectivity index (χ1v) is 8.09. The summed E-state index contributed by atoms with van der Waals surface area (Å²) in [6, 6.07) is 11.3. The largest absolute Gasteiger partial charge is 0.369 e. The molecule has 1 aliphatic heterocycles. The quantitative estimate of drug-likeness (QED) is 0.867. The van der Waals surface area contributed by atoms with Gasteiger partial charge in [0.2, 0.25) is 0 Å². The first kappa shape index (κ1) is 22.8. The maximum Gasteiger partial charge on any atom is 0.0367 e. The number of halogens is 3. The molecule has 2 N–H and O–H groups in total. The third-order valence-electron chi connectivity index (χ3n) is 4.90. The molecule has 1 aromatic rings. The number of hydrogen-bond acceptors (Lipinski definition) is 3. The highest BCUT2D eigenvalue weighted by molar-refractivity contribution is 5.86. The number of hydrogen-bond donors (Lipinski definition) is 1. The van der Waals surface area contributed by atoms with Crippen LogP contribution in [0.4, 0.5) is 5.69 Å². The normalized spacial score (nSPS) is 24.8. The number of rotatable bonds is 3. The zero-order chi connectivity index (χ0) is 13.8. The van der Waals surface area contributed by atoms with Crippen LogP contribution in [0.1, 0.15) is 25.7 Å². The first-order chi connectivity index (χ1) is 9.81. The van der Waals surface area contributed by atoms with E-state index in [2.05, 4.69) is 40.1 Å². The highest BCUT2D eigenvalue weighted by atomic mass is 35.5. The van der Waals surface area contributed by atoms with Gasteiger partial charge in [0.15, 0.2) is 0 Å². The maximum absolute atomic E-state index is 5.99. The van der Waals surface area contributed by atoms with Gasteiger partial charge in [-0.15, -0.1) is 37.2 Å². The molecule has 2 aliphatic rings. The van der Waals surface area contributed by atoms with E-state index in [4.69, 9.17) is 5.73 Å². The van der Waals surface area contributed by atoms with Crippen LogP contribution in [0.15, 0.2) is 30.3 Å². The third kappa shape index (κ3) is 6.67. The minimum absolute atomic E-state index is 0. The Morgan fingerprint density at radius 2 is 1.39 bits per heavy atom. The summed E-state index contributed by atoms with van der Waals surface area (Å²) in [5, 5.41) is 0. The van der Waals surface area contributed by atoms with Crippen LogP contribution in [-0.4, -0.2) is 43.7 Å². The molecule has 1 aromatic carbocycles. The lowest BCUT2D eigenvalue weighted by atomic mass is 9.86. The zero-order valence-electron chi connectivity index (χ0n) is 13.6. The van der Waals surface area contributed by atoms with Crippen LogP contribution in [0.5, 0.6) is 0 Å². The number of nitrogens with two attached hydrogens (primary N) is 1. The average molecular weight is 383 g/mol. The molecule has 0 amide bonds. The minimum atomic E-state index is 0. The predicted molar refractivity (Wildman–Crippen MR) is 107 cm³/mol. The summed E-state index contributed by atoms with van der Waals surface area (Å²) < 4.78 is 0. The third-order valence-corrected chi connectivity index (χ3v) is 4.90. The van der Waals surface area contributed by atoms with Gasteiger partial charge in [0.25, 0.3) is 0 Å². The first-order valence-electron chi connectivity index (χ1n) is 8.09. The molecule has 23 heavy (non-hydrogen) atoms. The topological polar surface area (TPSA) is 32.5 Å². The van der Waals surface area contributed by atoms with E-state index in [1.54, 1.807) is 0 Å². The van der Waals surface area contributed by atoms with Gasteiger partial charge >= 0.3 is 0 Å². The Morgan fingerprint density at radius 3 is 1.96 bits per heavy atom. The fourth-order valence-electron chi connectivity index (χ4n) is 3.56. The van der Waals surface area contributed by atoms with Crippen molar-refractivity contribution in [2.24, 2.45) is 11.7 Å². The number of anilines is 1. The lowest BCUT2D eigenvalue weighted by Gasteiger charge is -2.38. The molecule has 0 aromatic heterocycles. The SMILES string of the molecule is Cl.Cl.Cl.NC1CCC(CN2CCN(c3ccccc3)CC2)CC1. The number of nitrogens with zero attached hydrogens (tertiary/aromatic N) is 2. The molecule has 0 atom stereocenters. The van der Waals surface area contributed by atoms with Crippen molar-refractivity contribution in [3.05, 3.63) is 30.3 Å². The van der Waals surface area contributed by atoms with Gasteiger partial charge < -0.3 is 10.6 Å². The van der Waals surface area contributed by atoms with Crippen LogP contribution in [0.3, 0.4) is 0 Å². The zero-order valence-corrected chi connectivity index (χ0v) is 16.1. The monoisotopic (exact) mass is 381 g/mol. The van der Waals surface area contributed by atoms with E-state index in [-0.39, 0.29) is 37.2 Å². The van der Waals surface area contributed by atoms with Gasteiger partial charge in [-0.1, -0.05) is 18.2 Å². The van der Waals surface area contributed by atoms with Gasteiger partial charge in [0.1, 0.15) is 0 Å². The van der Waals surface area contributed by atoms with Crippen molar-refractivity contribution in [2.45, 2.75) is 31.7 Å². The Bertz CT molecular complexity index is 403. The molecule has 1 heterocycles. The fourth-order valence-corrected chi connectivity index (χ4v) is 3.56. The molecule has 6 heteroatoms. The molecule has 134 valence electrons. The smallest absolute Gasteiger partial charge is 0.0367 e. The Kier molecular flexibility index (Phi) is 11.3. The van der Waals surface area contributed by atoms with Crippen molar-refractivity contribution in [3.63, 3.8) is 0 Å². The van der Waals surface area contributed by atoms with Gasteiger partial charge in [-0.2, -0.15) is 0 Å². The summed E-state index contributed by atoms with van der Waals surface area (Å²) in [5.41, 5.74) is 7.36. The van der Waals surface area contributed by atoms with Crippen LogP contribution in [0, 0.1) is 5.92 Å². The predicted octanol–water partition coefficient (Wildman–Crippen LogP) is 3.59. The molecule has 0 unspecified atom stereocenters. The standard InChI is InChI=1S/C17H27N3.3ClH/c18-16-8-6-15(7-9-16)14-19-10-12-20(13-11-19)17-4-2-1-3-5-17;;;/h1-5,15-16H,6-14,18H2;3*1H. The van der Waals surface area contributed by atoms with Crippen LogP contribution >= 0.6 is 37.2 Å². The summed E-state index contributed by atoms with van der Waals surface area (Å²) >= 11 is 0. The van der Waals surface area contributed by atoms with E-state index in [9.17, 15) is 0 Å². The van der Waals surface area contributed by atoms with E-state index in [0.29, 0.717) is 6.04 Å². The van der Waals surface area contributed by atoms with Crippen molar-refractivity contribution in [1.82, 2.24) is 4.90 Å². The number of para-hydroxylation sites is 1. The van der Waals surface area contributed by atoms with E-state index >= 15 is 0 Å². The lowest BCUT2D eigenvalue weighted by molar-refractivity contribution is 0.186. The summed E-state index contributed by atoms with van der Waals surface area (Å²) in [7, 11) is 0. The van der Waals surface area contributed by atoms with E-state index in [1.807, 2.05) is 0 Å². The van der Waals surface area contributed by atoms with Gasteiger partial charge in [-0.3, -0.25) is 4.90 Å². The Labute approximate surface area is 159 Å². The van der Waals surface area contributed by atoms with Gasteiger partial charge in [0.05, 0.1) is 0 Å². The molecule has 0 radical (unpaired) electrons. The maximum atomic E-state index is 5.99. The van der Waals surface area contributed by atoms with Gasteiger partial charge in [0, 0.05) is 44.5 Å².